The van der Waals surface area contributed by atoms with E-state index in [1.165, 1.54) is 4.90 Å². The number of amides is 1. The maximum atomic E-state index is 12.6. The van der Waals surface area contributed by atoms with Crippen molar-refractivity contribution in [3.8, 4) is 5.75 Å². The van der Waals surface area contributed by atoms with E-state index < -0.39 is 0 Å². The van der Waals surface area contributed by atoms with Crippen LogP contribution in [0, 0.1) is 13.8 Å². The summed E-state index contributed by atoms with van der Waals surface area (Å²) in [5.74, 6) is 2.29. The molecule has 0 bridgehead atoms. The molecule has 0 saturated heterocycles. The van der Waals surface area contributed by atoms with E-state index in [9.17, 15) is 4.79 Å². The molecule has 7 heteroatoms. The van der Waals surface area contributed by atoms with E-state index in [0.717, 1.165) is 11.3 Å². The van der Waals surface area contributed by atoms with E-state index in [1.54, 1.807) is 14.0 Å². The van der Waals surface area contributed by atoms with Gasteiger partial charge in [0.1, 0.15) is 18.1 Å². The fourth-order valence-corrected chi connectivity index (χ4v) is 2.37. The van der Waals surface area contributed by atoms with Crippen LogP contribution in [0.15, 0.2) is 45.3 Å². The molecule has 0 aliphatic carbocycles. The molecule has 2 aromatic heterocycles. The van der Waals surface area contributed by atoms with Gasteiger partial charge in [-0.1, -0.05) is 23.4 Å². The minimum atomic E-state index is -0.245. The lowest BCUT2D eigenvalue weighted by molar-refractivity contribution is 0.0743. The van der Waals surface area contributed by atoms with Gasteiger partial charge in [-0.2, -0.15) is 4.98 Å². The molecule has 25 heavy (non-hydrogen) atoms. The molecule has 2 heterocycles. The average Bonchev–Trinajstić information content (AvgIpc) is 3.18. The van der Waals surface area contributed by atoms with Crippen molar-refractivity contribution in [2.24, 2.45) is 0 Å². The molecular formula is C18H19N3O4. The first kappa shape index (κ1) is 16.8. The number of carbonyl (C=O) groups excluding carboxylic acids is 1. The lowest BCUT2D eigenvalue weighted by atomic mass is 10.2. The molecule has 1 amide bonds. The Kier molecular flexibility index (Phi) is 4.83. The van der Waals surface area contributed by atoms with Crippen molar-refractivity contribution in [1.82, 2.24) is 15.0 Å². The topological polar surface area (TPSA) is 81.6 Å². The predicted octanol–water partition coefficient (Wildman–Crippen LogP) is 3.13. The first-order valence-electron chi connectivity index (χ1n) is 7.84. The highest BCUT2D eigenvalue weighted by Crippen LogP contribution is 2.19. The number of para-hydroxylation sites is 1. The number of aromatic nitrogens is 2. The third kappa shape index (κ3) is 4.06. The fourth-order valence-electron chi connectivity index (χ4n) is 2.37. The van der Waals surface area contributed by atoms with Gasteiger partial charge < -0.3 is 18.6 Å². The first-order chi connectivity index (χ1) is 12.0. The summed E-state index contributed by atoms with van der Waals surface area (Å²) in [5, 5.41) is 3.79. The van der Waals surface area contributed by atoms with Gasteiger partial charge in [0.25, 0.3) is 5.91 Å². The molecule has 0 fully saturated rings. The highest BCUT2D eigenvalue weighted by molar-refractivity contribution is 5.92. The number of nitrogens with zero attached hydrogens (tertiary/aromatic N) is 3. The van der Waals surface area contributed by atoms with E-state index in [-0.39, 0.29) is 24.8 Å². The zero-order chi connectivity index (χ0) is 17.8. The molecule has 1 aromatic carbocycles. The van der Waals surface area contributed by atoms with E-state index in [1.807, 2.05) is 43.3 Å². The largest absolute Gasteiger partial charge is 0.486 e. The monoisotopic (exact) mass is 341 g/mol. The molecule has 130 valence electrons. The summed E-state index contributed by atoms with van der Waals surface area (Å²) < 4.78 is 16.2. The van der Waals surface area contributed by atoms with Gasteiger partial charge in [-0.3, -0.25) is 4.79 Å². The molecule has 3 aromatic rings. The Hall–Kier alpha value is -3.09. The summed E-state index contributed by atoms with van der Waals surface area (Å²) in [6, 6.07) is 11.2. The van der Waals surface area contributed by atoms with Crippen LogP contribution in [0.2, 0.25) is 0 Å². The zero-order valence-electron chi connectivity index (χ0n) is 14.4. The van der Waals surface area contributed by atoms with Gasteiger partial charge in [0.15, 0.2) is 11.6 Å². The van der Waals surface area contributed by atoms with Gasteiger partial charge in [-0.05, 0) is 25.1 Å². The normalized spacial score (nSPS) is 10.7. The Morgan fingerprint density at radius 1 is 1.24 bits per heavy atom. The standard InChI is InChI=1S/C18H19N3O4/c1-12-9-15(11-23-14-7-5-4-6-8-14)24-17(12)18(22)21(3)10-16-19-13(2)25-20-16/h4-9H,10-11H2,1-3H3. The second-order valence-electron chi connectivity index (χ2n) is 5.72. The molecule has 0 N–H and O–H groups in total. The van der Waals surface area contributed by atoms with Crippen molar-refractivity contribution < 1.29 is 18.5 Å². The molecule has 0 spiro atoms. The van der Waals surface area contributed by atoms with Crippen LogP contribution in [-0.4, -0.2) is 28.0 Å². The molecule has 3 rings (SSSR count). The molecule has 0 aliphatic rings. The highest BCUT2D eigenvalue weighted by atomic mass is 16.5. The van der Waals surface area contributed by atoms with Crippen molar-refractivity contribution in [2.45, 2.75) is 27.0 Å². The summed E-state index contributed by atoms with van der Waals surface area (Å²) in [6.45, 7) is 4.03. The van der Waals surface area contributed by atoms with Crippen molar-refractivity contribution in [2.75, 3.05) is 7.05 Å². The minimum absolute atomic E-state index is 0.242. The fraction of sp³-hybridized carbons (Fsp3) is 0.278. The minimum Gasteiger partial charge on any atom is -0.486 e. The number of hydrogen-bond donors (Lipinski definition) is 0. The Balaban J connectivity index is 1.65. The third-order valence-electron chi connectivity index (χ3n) is 3.58. The van der Waals surface area contributed by atoms with E-state index >= 15 is 0 Å². The van der Waals surface area contributed by atoms with Gasteiger partial charge >= 0.3 is 0 Å². The SMILES string of the molecule is Cc1nc(CN(C)C(=O)c2oc(COc3ccccc3)cc2C)no1. The van der Waals surface area contributed by atoms with Crippen LogP contribution in [-0.2, 0) is 13.2 Å². The number of furan rings is 1. The number of hydrogen-bond acceptors (Lipinski definition) is 6. The molecule has 0 aliphatic heterocycles. The average molecular weight is 341 g/mol. The Bertz CT molecular complexity index is 854. The van der Waals surface area contributed by atoms with E-state index in [4.69, 9.17) is 13.7 Å². The molecule has 7 nitrogen and oxygen atoms in total. The van der Waals surface area contributed by atoms with Crippen LogP contribution < -0.4 is 4.74 Å². The molecule has 0 radical (unpaired) electrons. The van der Waals surface area contributed by atoms with Crippen LogP contribution in [0.3, 0.4) is 0 Å². The van der Waals surface area contributed by atoms with Gasteiger partial charge in [0.2, 0.25) is 5.89 Å². The quantitative estimate of drug-likeness (QED) is 0.685. The smallest absolute Gasteiger partial charge is 0.289 e. The second kappa shape index (κ2) is 7.21. The van der Waals surface area contributed by atoms with Gasteiger partial charge in [-0.25, -0.2) is 0 Å². The number of ether oxygens (including phenoxy) is 1. The van der Waals surface area contributed by atoms with Gasteiger partial charge in [-0.15, -0.1) is 0 Å². The number of benzene rings is 1. The van der Waals surface area contributed by atoms with Crippen molar-refractivity contribution in [1.29, 1.82) is 0 Å². The van der Waals surface area contributed by atoms with Crippen LogP contribution in [0.1, 0.15) is 33.6 Å². The predicted molar refractivity (Wildman–Crippen MR) is 89.1 cm³/mol. The van der Waals surface area contributed by atoms with Crippen LogP contribution in [0.25, 0.3) is 0 Å². The molecule has 0 unspecified atom stereocenters. The van der Waals surface area contributed by atoms with Crippen molar-refractivity contribution in [3.63, 3.8) is 0 Å². The molecular weight excluding hydrogens is 322 g/mol. The number of carbonyl (C=O) groups is 1. The number of rotatable bonds is 6. The Morgan fingerprint density at radius 2 is 2.00 bits per heavy atom. The Morgan fingerprint density at radius 3 is 2.68 bits per heavy atom. The summed E-state index contributed by atoms with van der Waals surface area (Å²) in [4.78, 5) is 18.1. The van der Waals surface area contributed by atoms with Crippen LogP contribution >= 0.6 is 0 Å². The molecule has 0 saturated carbocycles. The highest BCUT2D eigenvalue weighted by Gasteiger charge is 2.21. The van der Waals surface area contributed by atoms with E-state index in [0.29, 0.717) is 17.5 Å². The van der Waals surface area contributed by atoms with Gasteiger partial charge in [0.05, 0.1) is 6.54 Å². The zero-order valence-corrected chi connectivity index (χ0v) is 14.4. The summed E-state index contributed by atoms with van der Waals surface area (Å²) in [6.07, 6.45) is 0. The Labute approximate surface area is 145 Å². The van der Waals surface area contributed by atoms with Crippen molar-refractivity contribution in [3.05, 3.63) is 65.2 Å². The number of aryl methyl sites for hydroxylation is 2. The summed E-state index contributed by atoms with van der Waals surface area (Å²) in [7, 11) is 1.66. The lowest BCUT2D eigenvalue weighted by Crippen LogP contribution is -2.26. The summed E-state index contributed by atoms with van der Waals surface area (Å²) in [5.41, 5.74) is 0.757. The van der Waals surface area contributed by atoms with Gasteiger partial charge in [0, 0.05) is 19.5 Å². The van der Waals surface area contributed by atoms with E-state index in [2.05, 4.69) is 10.1 Å². The van der Waals surface area contributed by atoms with Crippen LogP contribution in [0.5, 0.6) is 5.75 Å². The maximum Gasteiger partial charge on any atom is 0.289 e. The maximum absolute atomic E-state index is 12.6. The van der Waals surface area contributed by atoms with Crippen LogP contribution in [0.4, 0.5) is 0 Å². The van der Waals surface area contributed by atoms with Crippen molar-refractivity contribution >= 4 is 5.91 Å². The summed E-state index contributed by atoms with van der Waals surface area (Å²) >= 11 is 0. The lowest BCUT2D eigenvalue weighted by Gasteiger charge is -2.13. The molecule has 0 atom stereocenters. The first-order valence-corrected chi connectivity index (χ1v) is 7.84. The second-order valence-corrected chi connectivity index (χ2v) is 5.72. The third-order valence-corrected chi connectivity index (χ3v) is 3.58.